The number of hydrogen-bond donors (Lipinski definition) is 0. The van der Waals surface area contributed by atoms with Gasteiger partial charge in [0.2, 0.25) is 0 Å². The van der Waals surface area contributed by atoms with E-state index < -0.39 is 11.9 Å². The van der Waals surface area contributed by atoms with E-state index in [0.29, 0.717) is 12.4 Å². The van der Waals surface area contributed by atoms with Gasteiger partial charge in [0.25, 0.3) is 0 Å². The highest BCUT2D eigenvalue weighted by molar-refractivity contribution is 6.03. The quantitative estimate of drug-likeness (QED) is 0.618. The molecule has 4 heteroatoms. The van der Waals surface area contributed by atoms with E-state index in [1.165, 1.54) is 0 Å². The Balaban J connectivity index is 2.19. The number of aryl methyl sites for hydroxylation is 1. The molecule has 0 aliphatic rings. The number of hydrogen-bond acceptors (Lipinski definition) is 4. The molecule has 2 rings (SSSR count). The number of ether oxygens (including phenoxy) is 2. The molecule has 4 nitrogen and oxygen atoms in total. The minimum atomic E-state index is -0.576. The van der Waals surface area contributed by atoms with Gasteiger partial charge < -0.3 is 9.47 Å². The van der Waals surface area contributed by atoms with Gasteiger partial charge in [-0.3, -0.25) is 0 Å². The third-order valence-corrected chi connectivity index (χ3v) is 3.11. The number of carbonyl (C=O) groups is 2. The number of benzene rings is 2. The topological polar surface area (TPSA) is 52.6 Å². The minimum Gasteiger partial charge on any atom is -0.462 e. The molecule has 0 atom stereocenters. The van der Waals surface area contributed by atoms with Crippen LogP contribution in [0, 0.1) is 12.8 Å². The van der Waals surface area contributed by atoms with Crippen LogP contribution in [0.1, 0.15) is 40.1 Å². The normalized spacial score (nSPS) is 10.4. The first-order valence-electron chi connectivity index (χ1n) is 7.52. The average Bonchev–Trinajstić information content (AvgIpc) is 2.52. The molecular weight excluding hydrogens is 292 g/mol. The van der Waals surface area contributed by atoms with E-state index in [2.05, 4.69) is 0 Å². The van der Waals surface area contributed by atoms with E-state index in [4.69, 9.17) is 9.47 Å². The van der Waals surface area contributed by atoms with Gasteiger partial charge >= 0.3 is 11.9 Å². The van der Waals surface area contributed by atoms with E-state index in [0.717, 1.165) is 5.56 Å². The maximum atomic E-state index is 12.4. The summed E-state index contributed by atoms with van der Waals surface area (Å²) in [5.41, 5.74) is 1.40. The standard InChI is InChI=1S/C19H20O4/c1-13(2)12-22-18(20)16-9-4-5-10-17(16)19(21)23-15-8-6-7-14(3)11-15/h4-11,13H,12H2,1-3H3. The Bertz CT molecular complexity index is 704. The largest absolute Gasteiger partial charge is 0.462 e. The first kappa shape index (κ1) is 16.7. The molecule has 0 saturated heterocycles. The molecule has 0 amide bonds. The lowest BCUT2D eigenvalue weighted by Crippen LogP contribution is -2.17. The van der Waals surface area contributed by atoms with Crippen molar-refractivity contribution in [3.05, 3.63) is 65.2 Å². The molecule has 0 radical (unpaired) electrons. The van der Waals surface area contributed by atoms with Gasteiger partial charge in [0.15, 0.2) is 0 Å². The second-order valence-electron chi connectivity index (χ2n) is 5.74. The molecule has 2 aromatic rings. The third kappa shape index (κ3) is 4.68. The fourth-order valence-corrected chi connectivity index (χ4v) is 2.00. The second-order valence-corrected chi connectivity index (χ2v) is 5.74. The van der Waals surface area contributed by atoms with Crippen molar-refractivity contribution < 1.29 is 19.1 Å². The van der Waals surface area contributed by atoms with Crippen LogP contribution in [0.2, 0.25) is 0 Å². The maximum Gasteiger partial charge on any atom is 0.344 e. The maximum absolute atomic E-state index is 12.4. The van der Waals surface area contributed by atoms with Crippen LogP contribution >= 0.6 is 0 Å². The summed E-state index contributed by atoms with van der Waals surface area (Å²) >= 11 is 0. The van der Waals surface area contributed by atoms with Crippen LogP contribution < -0.4 is 4.74 Å². The van der Waals surface area contributed by atoms with Crippen LogP contribution in [0.4, 0.5) is 0 Å². The first-order valence-corrected chi connectivity index (χ1v) is 7.52. The highest BCUT2D eigenvalue weighted by atomic mass is 16.5. The molecule has 23 heavy (non-hydrogen) atoms. The van der Waals surface area contributed by atoms with Crippen molar-refractivity contribution in [1.29, 1.82) is 0 Å². The van der Waals surface area contributed by atoms with Crippen molar-refractivity contribution in [3.63, 3.8) is 0 Å². The highest BCUT2D eigenvalue weighted by Gasteiger charge is 2.19. The molecule has 0 unspecified atom stereocenters. The smallest absolute Gasteiger partial charge is 0.344 e. The predicted octanol–water partition coefficient (Wildman–Crippen LogP) is 4.03. The lowest BCUT2D eigenvalue weighted by Gasteiger charge is -2.11. The van der Waals surface area contributed by atoms with E-state index in [9.17, 15) is 9.59 Å². The van der Waals surface area contributed by atoms with Gasteiger partial charge in [0.1, 0.15) is 5.75 Å². The molecular formula is C19H20O4. The highest BCUT2D eigenvalue weighted by Crippen LogP contribution is 2.17. The van der Waals surface area contributed by atoms with Gasteiger partial charge in [-0.25, -0.2) is 9.59 Å². The summed E-state index contributed by atoms with van der Waals surface area (Å²) in [6.45, 7) is 6.12. The molecule has 2 aromatic carbocycles. The molecule has 0 aliphatic carbocycles. The van der Waals surface area contributed by atoms with Gasteiger partial charge in [-0.1, -0.05) is 38.1 Å². The summed E-state index contributed by atoms with van der Waals surface area (Å²) in [5.74, 6) is -0.422. The first-order chi connectivity index (χ1) is 11.0. The summed E-state index contributed by atoms with van der Waals surface area (Å²) in [6, 6.07) is 13.7. The zero-order valence-corrected chi connectivity index (χ0v) is 13.5. The molecule has 0 bridgehead atoms. The summed E-state index contributed by atoms with van der Waals surface area (Å²) in [6.07, 6.45) is 0. The Labute approximate surface area is 136 Å². The monoisotopic (exact) mass is 312 g/mol. The number of carbonyl (C=O) groups excluding carboxylic acids is 2. The Morgan fingerprint density at radius 3 is 2.22 bits per heavy atom. The van der Waals surface area contributed by atoms with Crippen molar-refractivity contribution in [2.45, 2.75) is 20.8 Å². The Morgan fingerprint density at radius 2 is 1.61 bits per heavy atom. The van der Waals surface area contributed by atoms with Crippen molar-refractivity contribution in [3.8, 4) is 5.75 Å². The second kappa shape index (κ2) is 7.58. The van der Waals surface area contributed by atoms with E-state index >= 15 is 0 Å². The third-order valence-electron chi connectivity index (χ3n) is 3.11. The lowest BCUT2D eigenvalue weighted by atomic mass is 10.1. The Hall–Kier alpha value is -2.62. The van der Waals surface area contributed by atoms with Crippen molar-refractivity contribution in [1.82, 2.24) is 0 Å². The van der Waals surface area contributed by atoms with Gasteiger partial charge in [-0.15, -0.1) is 0 Å². The fourth-order valence-electron chi connectivity index (χ4n) is 2.00. The van der Waals surface area contributed by atoms with Crippen LogP contribution in [0.25, 0.3) is 0 Å². The van der Waals surface area contributed by atoms with Crippen LogP contribution in [0.5, 0.6) is 5.75 Å². The molecule has 0 N–H and O–H groups in total. The van der Waals surface area contributed by atoms with Crippen molar-refractivity contribution in [2.24, 2.45) is 5.92 Å². The molecule has 0 aromatic heterocycles. The Kier molecular flexibility index (Phi) is 5.52. The molecule has 120 valence electrons. The van der Waals surface area contributed by atoms with Crippen molar-refractivity contribution in [2.75, 3.05) is 6.61 Å². The summed E-state index contributed by atoms with van der Waals surface area (Å²) in [5, 5.41) is 0. The van der Waals surface area contributed by atoms with E-state index in [1.807, 2.05) is 26.8 Å². The van der Waals surface area contributed by atoms with Gasteiger partial charge in [0.05, 0.1) is 17.7 Å². The molecule has 0 saturated carbocycles. The summed E-state index contributed by atoms with van der Waals surface area (Å²) in [7, 11) is 0. The van der Waals surface area contributed by atoms with Crippen molar-refractivity contribution >= 4 is 11.9 Å². The van der Waals surface area contributed by atoms with Gasteiger partial charge in [0, 0.05) is 0 Å². The van der Waals surface area contributed by atoms with E-state index in [-0.39, 0.29) is 17.0 Å². The number of esters is 2. The number of rotatable bonds is 5. The van der Waals surface area contributed by atoms with E-state index in [1.54, 1.807) is 42.5 Å². The van der Waals surface area contributed by atoms with Gasteiger partial charge in [-0.05, 0) is 42.7 Å². The molecule has 0 spiro atoms. The zero-order chi connectivity index (χ0) is 16.8. The molecule has 0 heterocycles. The Morgan fingerprint density at radius 1 is 0.957 bits per heavy atom. The fraction of sp³-hybridized carbons (Fsp3) is 0.263. The van der Waals surface area contributed by atoms with Crippen LogP contribution in [-0.2, 0) is 4.74 Å². The minimum absolute atomic E-state index is 0.197. The SMILES string of the molecule is Cc1cccc(OC(=O)c2ccccc2C(=O)OCC(C)C)c1. The summed E-state index contributed by atoms with van der Waals surface area (Å²) < 4.78 is 10.6. The van der Waals surface area contributed by atoms with Gasteiger partial charge in [-0.2, -0.15) is 0 Å². The molecule has 0 fully saturated rings. The zero-order valence-electron chi connectivity index (χ0n) is 13.5. The molecule has 0 aliphatic heterocycles. The van der Waals surface area contributed by atoms with Crippen LogP contribution in [0.15, 0.2) is 48.5 Å². The average molecular weight is 312 g/mol. The lowest BCUT2D eigenvalue weighted by molar-refractivity contribution is 0.0452. The van der Waals surface area contributed by atoms with Crippen LogP contribution in [0.3, 0.4) is 0 Å². The predicted molar refractivity (Wildman–Crippen MR) is 87.7 cm³/mol. The van der Waals surface area contributed by atoms with Crippen LogP contribution in [-0.4, -0.2) is 18.5 Å². The summed E-state index contributed by atoms with van der Waals surface area (Å²) in [4.78, 5) is 24.5.